The van der Waals surface area contributed by atoms with Crippen LogP contribution in [0.25, 0.3) is 0 Å². The third-order valence-electron chi connectivity index (χ3n) is 4.29. The lowest BCUT2D eigenvalue weighted by Crippen LogP contribution is -2.44. The highest BCUT2D eigenvalue weighted by molar-refractivity contribution is 5.31. The predicted molar refractivity (Wildman–Crippen MR) is 90.1 cm³/mol. The molecule has 3 heteroatoms. The van der Waals surface area contributed by atoms with Gasteiger partial charge in [-0.05, 0) is 30.2 Å². The molecule has 0 spiro atoms. The van der Waals surface area contributed by atoms with Gasteiger partial charge in [0.05, 0.1) is 0 Å². The molecular weight excluding hydrogens is 272 g/mol. The number of piperazine rings is 1. The van der Waals surface area contributed by atoms with Gasteiger partial charge < -0.3 is 10.1 Å². The molecule has 1 aliphatic heterocycles. The van der Waals surface area contributed by atoms with Gasteiger partial charge in [0.1, 0.15) is 12.4 Å². The number of hydrogen-bond acceptors (Lipinski definition) is 3. The van der Waals surface area contributed by atoms with E-state index in [0.717, 1.165) is 31.9 Å². The molecular formula is C19H24N2O. The van der Waals surface area contributed by atoms with Crippen LogP contribution >= 0.6 is 0 Å². The Morgan fingerprint density at radius 2 is 1.82 bits per heavy atom. The largest absolute Gasteiger partial charge is 0.489 e. The van der Waals surface area contributed by atoms with Crippen LogP contribution in [0, 0.1) is 0 Å². The fourth-order valence-corrected chi connectivity index (χ4v) is 2.89. The van der Waals surface area contributed by atoms with Gasteiger partial charge in [-0.3, -0.25) is 4.90 Å². The van der Waals surface area contributed by atoms with Crippen LogP contribution in [0.1, 0.15) is 24.1 Å². The van der Waals surface area contributed by atoms with E-state index in [4.69, 9.17) is 4.74 Å². The zero-order valence-electron chi connectivity index (χ0n) is 13.2. The third-order valence-corrected chi connectivity index (χ3v) is 4.29. The Morgan fingerprint density at radius 3 is 2.59 bits per heavy atom. The average Bonchev–Trinajstić information content (AvgIpc) is 2.61. The minimum atomic E-state index is 0.433. The number of ether oxygens (including phenoxy) is 1. The third kappa shape index (κ3) is 3.87. The van der Waals surface area contributed by atoms with E-state index in [1.807, 2.05) is 24.3 Å². The molecule has 0 bridgehead atoms. The van der Waals surface area contributed by atoms with Gasteiger partial charge in [0.25, 0.3) is 0 Å². The molecule has 1 fully saturated rings. The van der Waals surface area contributed by atoms with E-state index in [1.165, 1.54) is 11.1 Å². The van der Waals surface area contributed by atoms with Crippen molar-refractivity contribution in [3.63, 3.8) is 0 Å². The summed E-state index contributed by atoms with van der Waals surface area (Å²) in [4.78, 5) is 2.52. The van der Waals surface area contributed by atoms with Gasteiger partial charge >= 0.3 is 0 Å². The molecule has 3 rings (SSSR count). The molecule has 1 aliphatic rings. The molecule has 0 aliphatic carbocycles. The van der Waals surface area contributed by atoms with E-state index in [2.05, 4.69) is 47.5 Å². The zero-order valence-corrected chi connectivity index (χ0v) is 13.2. The van der Waals surface area contributed by atoms with E-state index >= 15 is 0 Å². The number of nitrogens with one attached hydrogen (secondary N) is 1. The molecule has 2 aromatic carbocycles. The Labute approximate surface area is 132 Å². The Kier molecular flexibility index (Phi) is 5.09. The quantitative estimate of drug-likeness (QED) is 0.917. The predicted octanol–water partition coefficient (Wildman–Crippen LogP) is 3.23. The molecule has 2 aromatic rings. The number of hydrogen-bond donors (Lipinski definition) is 1. The van der Waals surface area contributed by atoms with E-state index < -0.39 is 0 Å². The van der Waals surface area contributed by atoms with Crippen LogP contribution < -0.4 is 10.1 Å². The first kappa shape index (κ1) is 15.1. The molecule has 116 valence electrons. The first-order valence-electron chi connectivity index (χ1n) is 8.04. The van der Waals surface area contributed by atoms with Crippen LogP contribution in [-0.2, 0) is 6.61 Å². The monoisotopic (exact) mass is 296 g/mol. The summed E-state index contributed by atoms with van der Waals surface area (Å²) >= 11 is 0. The fraction of sp³-hybridized carbons (Fsp3) is 0.368. The molecule has 0 amide bonds. The van der Waals surface area contributed by atoms with E-state index in [-0.39, 0.29) is 0 Å². The van der Waals surface area contributed by atoms with Crippen LogP contribution in [0.4, 0.5) is 0 Å². The van der Waals surface area contributed by atoms with Crippen LogP contribution in [0.2, 0.25) is 0 Å². The van der Waals surface area contributed by atoms with Crippen LogP contribution in [0.3, 0.4) is 0 Å². The SMILES string of the molecule is C[C@H](c1cccc(OCc2ccccc2)c1)N1CCNCC1. The molecule has 0 unspecified atom stereocenters. The van der Waals surface area contributed by atoms with Crippen molar-refractivity contribution in [1.82, 2.24) is 10.2 Å². The number of rotatable bonds is 5. The minimum absolute atomic E-state index is 0.433. The standard InChI is InChI=1S/C19H24N2O/c1-16(21-12-10-20-11-13-21)18-8-5-9-19(14-18)22-15-17-6-3-2-4-7-17/h2-9,14,16,20H,10-13,15H2,1H3/t16-/m1/s1. The summed E-state index contributed by atoms with van der Waals surface area (Å²) in [6, 6.07) is 19.2. The van der Waals surface area contributed by atoms with Gasteiger partial charge in [0, 0.05) is 32.2 Å². The summed E-state index contributed by atoms with van der Waals surface area (Å²) in [7, 11) is 0. The highest BCUT2D eigenvalue weighted by Gasteiger charge is 2.18. The van der Waals surface area contributed by atoms with Crippen molar-refractivity contribution < 1.29 is 4.74 Å². The zero-order chi connectivity index (χ0) is 15.2. The lowest BCUT2D eigenvalue weighted by Gasteiger charge is -2.33. The van der Waals surface area contributed by atoms with Crippen molar-refractivity contribution in [1.29, 1.82) is 0 Å². The topological polar surface area (TPSA) is 24.5 Å². The van der Waals surface area contributed by atoms with Crippen molar-refractivity contribution in [2.24, 2.45) is 0 Å². The minimum Gasteiger partial charge on any atom is -0.489 e. The Morgan fingerprint density at radius 1 is 1.05 bits per heavy atom. The van der Waals surface area contributed by atoms with Gasteiger partial charge in [0.15, 0.2) is 0 Å². The van der Waals surface area contributed by atoms with E-state index in [1.54, 1.807) is 0 Å². The van der Waals surface area contributed by atoms with Gasteiger partial charge in [-0.1, -0.05) is 42.5 Å². The summed E-state index contributed by atoms with van der Waals surface area (Å²) in [6.07, 6.45) is 0. The average molecular weight is 296 g/mol. The molecule has 1 N–H and O–H groups in total. The molecule has 3 nitrogen and oxygen atoms in total. The van der Waals surface area contributed by atoms with Gasteiger partial charge in [-0.15, -0.1) is 0 Å². The smallest absolute Gasteiger partial charge is 0.120 e. The molecule has 0 aromatic heterocycles. The normalized spacial score (nSPS) is 17.1. The molecule has 0 radical (unpaired) electrons. The van der Waals surface area contributed by atoms with Crippen LogP contribution in [0.15, 0.2) is 54.6 Å². The first-order valence-corrected chi connectivity index (χ1v) is 8.04. The van der Waals surface area contributed by atoms with E-state index in [0.29, 0.717) is 12.6 Å². The Bertz CT molecular complexity index is 579. The maximum absolute atomic E-state index is 5.94. The fourth-order valence-electron chi connectivity index (χ4n) is 2.89. The van der Waals surface area contributed by atoms with Crippen molar-refractivity contribution in [3.05, 3.63) is 65.7 Å². The van der Waals surface area contributed by atoms with E-state index in [9.17, 15) is 0 Å². The maximum atomic E-state index is 5.94. The molecule has 1 saturated heterocycles. The summed E-state index contributed by atoms with van der Waals surface area (Å²) in [5.41, 5.74) is 2.52. The molecule has 1 heterocycles. The van der Waals surface area contributed by atoms with Crippen molar-refractivity contribution in [3.8, 4) is 5.75 Å². The molecule has 1 atom stereocenters. The maximum Gasteiger partial charge on any atom is 0.120 e. The van der Waals surface area contributed by atoms with Crippen LogP contribution in [0.5, 0.6) is 5.75 Å². The number of benzene rings is 2. The second-order valence-electron chi connectivity index (χ2n) is 5.81. The lowest BCUT2D eigenvalue weighted by atomic mass is 10.1. The summed E-state index contributed by atoms with van der Waals surface area (Å²) in [5.74, 6) is 0.948. The van der Waals surface area contributed by atoms with Crippen LogP contribution in [-0.4, -0.2) is 31.1 Å². The summed E-state index contributed by atoms with van der Waals surface area (Å²) in [5, 5.41) is 3.40. The van der Waals surface area contributed by atoms with Gasteiger partial charge in [-0.25, -0.2) is 0 Å². The first-order chi connectivity index (χ1) is 10.8. The van der Waals surface area contributed by atoms with Crippen molar-refractivity contribution in [2.75, 3.05) is 26.2 Å². The molecule has 22 heavy (non-hydrogen) atoms. The van der Waals surface area contributed by atoms with Gasteiger partial charge in [-0.2, -0.15) is 0 Å². The summed E-state index contributed by atoms with van der Waals surface area (Å²) < 4.78 is 5.94. The number of nitrogens with zero attached hydrogens (tertiary/aromatic N) is 1. The second kappa shape index (κ2) is 7.43. The highest BCUT2D eigenvalue weighted by Crippen LogP contribution is 2.24. The second-order valence-corrected chi connectivity index (χ2v) is 5.81. The highest BCUT2D eigenvalue weighted by atomic mass is 16.5. The molecule has 0 saturated carbocycles. The lowest BCUT2D eigenvalue weighted by molar-refractivity contribution is 0.185. The van der Waals surface area contributed by atoms with Crippen molar-refractivity contribution in [2.45, 2.75) is 19.6 Å². The van der Waals surface area contributed by atoms with Gasteiger partial charge in [0.2, 0.25) is 0 Å². The Balaban J connectivity index is 1.64. The summed E-state index contributed by atoms with van der Waals surface area (Å²) in [6.45, 7) is 7.27. The Hall–Kier alpha value is -1.84. The van der Waals surface area contributed by atoms with Crippen molar-refractivity contribution >= 4 is 0 Å².